The lowest BCUT2D eigenvalue weighted by Gasteiger charge is -2.23. The molecule has 0 aromatic rings. The molecule has 0 spiro atoms. The van der Waals surface area contributed by atoms with Crippen LogP contribution in [0.1, 0.15) is 13.8 Å². The fraction of sp³-hybridized carbons (Fsp3) is 0.400. The van der Waals surface area contributed by atoms with Crippen LogP contribution in [0.25, 0.3) is 0 Å². The molecule has 2 radical (unpaired) electrons. The van der Waals surface area contributed by atoms with E-state index in [1.54, 1.807) is 0 Å². The minimum absolute atomic E-state index is 0.248. The van der Waals surface area contributed by atoms with Crippen LogP contribution in [-0.4, -0.2) is 14.0 Å². The molecule has 0 heterocycles. The van der Waals surface area contributed by atoms with Gasteiger partial charge >= 0.3 is 6.18 Å². The average Bonchev–Trinajstić information content (AvgIpc) is 1.99. The number of allylic oxidation sites excluding steroid dienone is 5. The normalized spacial score (nSPS) is 14.8. The van der Waals surface area contributed by atoms with Gasteiger partial charge in [-0.3, -0.25) is 0 Å². The van der Waals surface area contributed by atoms with Crippen molar-refractivity contribution >= 4 is 7.85 Å². The zero-order chi connectivity index (χ0) is 11.4. The van der Waals surface area contributed by atoms with Crippen LogP contribution < -0.4 is 0 Å². The summed E-state index contributed by atoms with van der Waals surface area (Å²) in [5.74, 6) is 0. The van der Waals surface area contributed by atoms with Crippen LogP contribution in [-0.2, 0) is 0 Å². The van der Waals surface area contributed by atoms with Gasteiger partial charge in [0.05, 0.1) is 5.41 Å². The maximum Gasteiger partial charge on any atom is 0.397 e. The maximum atomic E-state index is 12.3. The van der Waals surface area contributed by atoms with Crippen molar-refractivity contribution in [3.63, 3.8) is 0 Å². The van der Waals surface area contributed by atoms with Crippen molar-refractivity contribution in [3.05, 3.63) is 36.4 Å². The number of halogens is 3. The Morgan fingerprint density at radius 1 is 1.29 bits per heavy atom. The summed E-state index contributed by atoms with van der Waals surface area (Å²) in [7, 11) is 5.37. The van der Waals surface area contributed by atoms with Crippen molar-refractivity contribution in [2.45, 2.75) is 20.0 Å². The molecule has 4 heteroatoms. The van der Waals surface area contributed by atoms with Crippen molar-refractivity contribution in [2.24, 2.45) is 5.41 Å². The summed E-state index contributed by atoms with van der Waals surface area (Å²) in [6.45, 7) is 5.56. The minimum Gasteiger partial charge on any atom is -0.170 e. The highest BCUT2D eigenvalue weighted by Crippen LogP contribution is 2.38. The van der Waals surface area contributed by atoms with Gasteiger partial charge in [0.25, 0.3) is 0 Å². The highest BCUT2D eigenvalue weighted by molar-refractivity contribution is 6.23. The topological polar surface area (TPSA) is 0 Å². The lowest BCUT2D eigenvalue weighted by Crippen LogP contribution is -2.29. The van der Waals surface area contributed by atoms with Crippen molar-refractivity contribution in [1.29, 1.82) is 0 Å². The standard InChI is InChI=1S/C10H12BF3/c1-4-5-8(11)6-7-9(2,3)10(12,13)14/h4-7H,1H2,2-3H3/b7-6-,8-5+. The van der Waals surface area contributed by atoms with Crippen LogP contribution in [0.4, 0.5) is 13.2 Å². The van der Waals surface area contributed by atoms with E-state index >= 15 is 0 Å². The predicted molar refractivity (Wildman–Crippen MR) is 53.0 cm³/mol. The molecule has 0 bridgehead atoms. The third-order valence-corrected chi connectivity index (χ3v) is 1.73. The molecule has 0 aromatic carbocycles. The quantitative estimate of drug-likeness (QED) is 0.483. The second-order valence-electron chi connectivity index (χ2n) is 3.46. The number of alkyl halides is 3. The van der Waals surface area contributed by atoms with Crippen LogP contribution in [0.15, 0.2) is 36.4 Å². The Morgan fingerprint density at radius 2 is 1.79 bits per heavy atom. The van der Waals surface area contributed by atoms with E-state index in [0.717, 1.165) is 19.9 Å². The molecule has 0 nitrogen and oxygen atoms in total. The molecule has 0 amide bonds. The number of hydrogen-bond donors (Lipinski definition) is 0. The lowest BCUT2D eigenvalue weighted by molar-refractivity contribution is -0.193. The van der Waals surface area contributed by atoms with Gasteiger partial charge in [0.2, 0.25) is 0 Å². The second-order valence-corrected chi connectivity index (χ2v) is 3.46. The van der Waals surface area contributed by atoms with E-state index < -0.39 is 11.6 Å². The average molecular weight is 200 g/mol. The molecule has 14 heavy (non-hydrogen) atoms. The van der Waals surface area contributed by atoms with E-state index in [1.807, 2.05) is 0 Å². The first kappa shape index (κ1) is 13.1. The van der Waals surface area contributed by atoms with E-state index in [4.69, 9.17) is 7.85 Å². The molecule has 0 aliphatic carbocycles. The summed E-state index contributed by atoms with van der Waals surface area (Å²) in [5, 5.41) is 0. The molecule has 0 saturated carbocycles. The Hall–Kier alpha value is -0.925. The fourth-order valence-electron chi connectivity index (χ4n) is 0.591. The zero-order valence-electron chi connectivity index (χ0n) is 8.23. The SMILES string of the molecule is [B]C(/C=C\C(C)(C)C(F)(F)F)=C/C=C. The third kappa shape index (κ3) is 3.86. The van der Waals surface area contributed by atoms with Crippen LogP contribution in [0, 0.1) is 5.41 Å². The van der Waals surface area contributed by atoms with Gasteiger partial charge in [-0.25, -0.2) is 0 Å². The Kier molecular flexibility index (Phi) is 4.23. The minimum atomic E-state index is -4.27. The monoisotopic (exact) mass is 200 g/mol. The molecular formula is C10H12BF3. The first-order valence-electron chi connectivity index (χ1n) is 4.05. The molecule has 0 atom stereocenters. The molecule has 0 aromatic heterocycles. The van der Waals surface area contributed by atoms with E-state index in [2.05, 4.69) is 6.58 Å². The van der Waals surface area contributed by atoms with Gasteiger partial charge in [-0.1, -0.05) is 36.4 Å². The highest BCUT2D eigenvalue weighted by Gasteiger charge is 2.45. The number of hydrogen-bond acceptors (Lipinski definition) is 0. The Bertz CT molecular complexity index is 259. The highest BCUT2D eigenvalue weighted by atomic mass is 19.4. The molecule has 0 aliphatic heterocycles. The Labute approximate surface area is 83.6 Å². The lowest BCUT2D eigenvalue weighted by atomic mass is 9.87. The van der Waals surface area contributed by atoms with Crippen molar-refractivity contribution in [3.8, 4) is 0 Å². The van der Waals surface area contributed by atoms with Crippen molar-refractivity contribution < 1.29 is 13.2 Å². The van der Waals surface area contributed by atoms with Gasteiger partial charge in [0, 0.05) is 0 Å². The fourth-order valence-corrected chi connectivity index (χ4v) is 0.591. The van der Waals surface area contributed by atoms with Gasteiger partial charge in [0.15, 0.2) is 0 Å². The smallest absolute Gasteiger partial charge is 0.170 e. The second kappa shape index (κ2) is 4.53. The summed E-state index contributed by atoms with van der Waals surface area (Å²) >= 11 is 0. The number of rotatable bonds is 3. The molecule has 76 valence electrons. The molecule has 0 unspecified atom stereocenters. The summed E-state index contributed by atoms with van der Waals surface area (Å²) in [6.07, 6.45) is 0.846. The third-order valence-electron chi connectivity index (χ3n) is 1.73. The summed E-state index contributed by atoms with van der Waals surface area (Å²) in [5.41, 5.74) is -1.62. The van der Waals surface area contributed by atoms with Crippen molar-refractivity contribution in [2.75, 3.05) is 0 Å². The first-order chi connectivity index (χ1) is 6.20. The van der Waals surface area contributed by atoms with E-state index in [9.17, 15) is 13.2 Å². The Morgan fingerprint density at radius 3 is 2.14 bits per heavy atom. The molecule has 0 aliphatic rings. The molecule has 0 saturated heterocycles. The van der Waals surface area contributed by atoms with Gasteiger partial charge in [-0.2, -0.15) is 13.2 Å². The summed E-state index contributed by atoms with van der Waals surface area (Å²) in [6, 6.07) is 0. The molecule has 0 N–H and O–H groups in total. The first-order valence-corrected chi connectivity index (χ1v) is 4.05. The van der Waals surface area contributed by atoms with Crippen LogP contribution >= 0.6 is 0 Å². The van der Waals surface area contributed by atoms with Gasteiger partial charge < -0.3 is 0 Å². The largest absolute Gasteiger partial charge is 0.397 e. The van der Waals surface area contributed by atoms with E-state index in [-0.39, 0.29) is 5.47 Å². The molecular weight excluding hydrogens is 188 g/mol. The van der Waals surface area contributed by atoms with Crippen molar-refractivity contribution in [1.82, 2.24) is 0 Å². The van der Waals surface area contributed by atoms with E-state index in [0.29, 0.717) is 0 Å². The molecule has 0 fully saturated rings. The van der Waals surface area contributed by atoms with Gasteiger partial charge in [-0.05, 0) is 13.8 Å². The zero-order valence-corrected chi connectivity index (χ0v) is 8.23. The van der Waals surface area contributed by atoms with Gasteiger partial charge in [-0.15, -0.1) is 0 Å². The van der Waals surface area contributed by atoms with E-state index in [1.165, 1.54) is 18.2 Å². The Balaban J connectivity index is 4.67. The van der Waals surface area contributed by atoms with Crippen LogP contribution in [0.2, 0.25) is 0 Å². The van der Waals surface area contributed by atoms with Gasteiger partial charge in [0.1, 0.15) is 7.85 Å². The summed E-state index contributed by atoms with van der Waals surface area (Å²) < 4.78 is 37.0. The maximum absolute atomic E-state index is 12.3. The predicted octanol–water partition coefficient (Wildman–Crippen LogP) is 3.37. The summed E-state index contributed by atoms with van der Waals surface area (Å²) in [4.78, 5) is 0. The van der Waals surface area contributed by atoms with Crippen LogP contribution in [0.5, 0.6) is 0 Å². The molecule has 0 rings (SSSR count). The van der Waals surface area contributed by atoms with Crippen LogP contribution in [0.3, 0.4) is 0 Å².